The Kier molecular flexibility index (Phi) is 7.91. The van der Waals surface area contributed by atoms with Crippen LogP contribution in [0.4, 0.5) is 0 Å². The highest BCUT2D eigenvalue weighted by atomic mass is 16.5. The number of hydrogen-bond donors (Lipinski definition) is 0. The maximum atomic E-state index is 11.7. The van der Waals surface area contributed by atoms with Crippen molar-refractivity contribution in [1.29, 1.82) is 0 Å². The van der Waals surface area contributed by atoms with Gasteiger partial charge in [-0.1, -0.05) is 43.7 Å². The molecule has 4 nitrogen and oxygen atoms in total. The molecule has 2 rings (SSSR count). The van der Waals surface area contributed by atoms with E-state index in [1.165, 1.54) is 25.5 Å². The van der Waals surface area contributed by atoms with Crippen LogP contribution in [-0.2, 0) is 20.8 Å². The van der Waals surface area contributed by atoms with Crippen LogP contribution in [0.3, 0.4) is 0 Å². The summed E-state index contributed by atoms with van der Waals surface area (Å²) in [7, 11) is 3.65. The molecule has 1 saturated heterocycles. The number of carbonyl (C=O) groups excluding carboxylic acids is 1. The lowest BCUT2D eigenvalue weighted by atomic mass is 9.99. The van der Waals surface area contributed by atoms with Gasteiger partial charge >= 0.3 is 5.97 Å². The molecule has 0 aliphatic carbocycles. The Bertz CT molecular complexity index is 519. The molecule has 0 N–H and O–H groups in total. The van der Waals surface area contributed by atoms with Gasteiger partial charge in [-0.2, -0.15) is 0 Å². The summed E-state index contributed by atoms with van der Waals surface area (Å²) in [6, 6.07) is 11.1. The van der Waals surface area contributed by atoms with E-state index in [-0.39, 0.29) is 24.1 Å². The molecule has 4 heteroatoms. The molecule has 0 radical (unpaired) electrons. The van der Waals surface area contributed by atoms with E-state index in [1.54, 1.807) is 0 Å². The van der Waals surface area contributed by atoms with Crippen LogP contribution < -0.4 is 0 Å². The van der Waals surface area contributed by atoms with Crippen LogP contribution in [0.15, 0.2) is 30.3 Å². The summed E-state index contributed by atoms with van der Waals surface area (Å²) >= 11 is 0. The molecule has 0 amide bonds. The van der Waals surface area contributed by atoms with E-state index in [4.69, 9.17) is 9.47 Å². The molecule has 1 fully saturated rings. The third-order valence-corrected chi connectivity index (χ3v) is 5.33. The first-order valence-corrected chi connectivity index (χ1v) is 9.52. The fraction of sp³-hybridized carbons (Fsp3) is 0.667. The molecule has 140 valence electrons. The highest BCUT2D eigenvalue weighted by Gasteiger charge is 2.34. The second-order valence-corrected chi connectivity index (χ2v) is 7.26. The van der Waals surface area contributed by atoms with Gasteiger partial charge in [0, 0.05) is 12.6 Å². The molecule has 0 bridgehead atoms. The van der Waals surface area contributed by atoms with E-state index in [0.29, 0.717) is 6.04 Å². The maximum Gasteiger partial charge on any atom is 0.311 e. The third-order valence-electron chi connectivity index (χ3n) is 5.33. The van der Waals surface area contributed by atoms with Crippen LogP contribution in [0.1, 0.15) is 51.5 Å². The normalized spacial score (nSPS) is 22.8. The fourth-order valence-corrected chi connectivity index (χ4v) is 3.77. The average molecular weight is 347 g/mol. The summed E-state index contributed by atoms with van der Waals surface area (Å²) in [5, 5.41) is 0. The molecule has 4 atom stereocenters. The Hall–Kier alpha value is -1.39. The Morgan fingerprint density at radius 2 is 2.04 bits per heavy atom. The van der Waals surface area contributed by atoms with Gasteiger partial charge < -0.3 is 9.47 Å². The van der Waals surface area contributed by atoms with Gasteiger partial charge in [-0.3, -0.25) is 9.69 Å². The summed E-state index contributed by atoms with van der Waals surface area (Å²) in [4.78, 5) is 14.2. The molecule has 0 unspecified atom stereocenters. The van der Waals surface area contributed by atoms with Gasteiger partial charge in [-0.05, 0) is 45.2 Å². The summed E-state index contributed by atoms with van der Waals surface area (Å²) in [6.07, 6.45) is 5.58. The topological polar surface area (TPSA) is 38.8 Å². The molecule has 1 aliphatic rings. The molecule has 25 heavy (non-hydrogen) atoms. The predicted molar refractivity (Wildman–Crippen MR) is 100 cm³/mol. The number of hydrogen-bond acceptors (Lipinski definition) is 4. The van der Waals surface area contributed by atoms with Gasteiger partial charge in [0.25, 0.3) is 0 Å². The molecule has 0 spiro atoms. The third kappa shape index (κ3) is 5.82. The van der Waals surface area contributed by atoms with Crippen molar-refractivity contribution in [2.75, 3.05) is 14.2 Å². The Morgan fingerprint density at radius 3 is 2.68 bits per heavy atom. The zero-order chi connectivity index (χ0) is 18.2. The number of nitrogens with zero attached hydrogens (tertiary/aromatic N) is 1. The van der Waals surface area contributed by atoms with Gasteiger partial charge in [-0.25, -0.2) is 0 Å². The second-order valence-electron chi connectivity index (χ2n) is 7.26. The standard InChI is InChI=1S/C21H33NO3/c1-5-9-18(22(3)15-17-10-7-6-8-11-17)14-19-12-13-20(25-19)16(2)21(23)24-4/h6-8,10-11,16,18-20H,5,9,12-15H2,1-4H3/t16-,18+,19-,20+/m0/s1. The maximum absolute atomic E-state index is 11.7. The molecule has 0 aromatic heterocycles. The smallest absolute Gasteiger partial charge is 0.311 e. The Labute approximate surface area is 152 Å². The number of methoxy groups -OCH3 is 1. The molecule has 0 saturated carbocycles. The zero-order valence-corrected chi connectivity index (χ0v) is 16.1. The highest BCUT2D eigenvalue weighted by Crippen LogP contribution is 2.30. The summed E-state index contributed by atoms with van der Waals surface area (Å²) in [5.41, 5.74) is 1.34. The van der Waals surface area contributed by atoms with Crippen molar-refractivity contribution in [2.24, 2.45) is 5.92 Å². The van der Waals surface area contributed by atoms with Crippen molar-refractivity contribution in [3.63, 3.8) is 0 Å². The van der Waals surface area contributed by atoms with E-state index in [0.717, 1.165) is 25.8 Å². The molecular formula is C21H33NO3. The molecule has 1 heterocycles. The first kappa shape index (κ1) is 19.9. The zero-order valence-electron chi connectivity index (χ0n) is 16.1. The minimum Gasteiger partial charge on any atom is -0.469 e. The Morgan fingerprint density at radius 1 is 1.32 bits per heavy atom. The molecule has 1 aromatic carbocycles. The van der Waals surface area contributed by atoms with Gasteiger partial charge in [0.2, 0.25) is 0 Å². The number of benzene rings is 1. The van der Waals surface area contributed by atoms with Crippen LogP contribution in [-0.4, -0.2) is 43.3 Å². The van der Waals surface area contributed by atoms with Gasteiger partial charge in [0.05, 0.1) is 25.2 Å². The van der Waals surface area contributed by atoms with Crippen molar-refractivity contribution in [3.05, 3.63) is 35.9 Å². The van der Waals surface area contributed by atoms with Gasteiger partial charge in [-0.15, -0.1) is 0 Å². The van der Waals surface area contributed by atoms with Gasteiger partial charge in [0.1, 0.15) is 0 Å². The van der Waals surface area contributed by atoms with Crippen molar-refractivity contribution in [2.45, 2.75) is 70.7 Å². The van der Waals surface area contributed by atoms with Crippen molar-refractivity contribution in [3.8, 4) is 0 Å². The molecular weight excluding hydrogens is 314 g/mol. The van der Waals surface area contributed by atoms with Crippen LogP contribution in [0, 0.1) is 5.92 Å². The van der Waals surface area contributed by atoms with E-state index in [9.17, 15) is 4.79 Å². The van der Waals surface area contributed by atoms with Crippen LogP contribution in [0.5, 0.6) is 0 Å². The molecule has 1 aliphatic heterocycles. The molecule has 1 aromatic rings. The highest BCUT2D eigenvalue weighted by molar-refractivity contribution is 5.72. The quantitative estimate of drug-likeness (QED) is 0.632. The summed E-state index contributed by atoms with van der Waals surface area (Å²) in [5.74, 6) is -0.348. The second kappa shape index (κ2) is 9.93. The summed E-state index contributed by atoms with van der Waals surface area (Å²) in [6.45, 7) is 5.10. The monoisotopic (exact) mass is 347 g/mol. The van der Waals surface area contributed by atoms with Crippen LogP contribution in [0.25, 0.3) is 0 Å². The lowest BCUT2D eigenvalue weighted by molar-refractivity contribution is -0.150. The van der Waals surface area contributed by atoms with E-state index >= 15 is 0 Å². The average Bonchev–Trinajstić information content (AvgIpc) is 3.09. The first-order valence-electron chi connectivity index (χ1n) is 9.52. The lowest BCUT2D eigenvalue weighted by Crippen LogP contribution is -2.35. The van der Waals surface area contributed by atoms with Crippen LogP contribution >= 0.6 is 0 Å². The number of carbonyl (C=O) groups is 1. The Balaban J connectivity index is 1.89. The van der Waals surface area contributed by atoms with E-state index in [1.807, 2.05) is 6.92 Å². The van der Waals surface area contributed by atoms with Crippen molar-refractivity contribution in [1.82, 2.24) is 4.90 Å². The number of rotatable bonds is 9. The largest absolute Gasteiger partial charge is 0.469 e. The number of ether oxygens (including phenoxy) is 2. The minimum atomic E-state index is -0.179. The fourth-order valence-electron chi connectivity index (χ4n) is 3.77. The van der Waals surface area contributed by atoms with Gasteiger partial charge in [0.15, 0.2) is 0 Å². The first-order chi connectivity index (χ1) is 12.0. The van der Waals surface area contributed by atoms with E-state index in [2.05, 4.69) is 49.2 Å². The summed E-state index contributed by atoms with van der Waals surface area (Å²) < 4.78 is 11.1. The predicted octanol–water partition coefficient (Wildman–Crippen LogP) is 4.03. The van der Waals surface area contributed by atoms with Crippen LogP contribution in [0.2, 0.25) is 0 Å². The van der Waals surface area contributed by atoms with Crippen molar-refractivity contribution < 1.29 is 14.3 Å². The van der Waals surface area contributed by atoms with E-state index < -0.39 is 0 Å². The number of esters is 1. The van der Waals surface area contributed by atoms with Crippen molar-refractivity contribution >= 4 is 5.97 Å². The minimum absolute atomic E-state index is 0.000781. The lowest BCUT2D eigenvalue weighted by Gasteiger charge is -2.30. The SMILES string of the molecule is CCC[C@H](C[C@@H]1CC[C@H]([C@H](C)C(=O)OC)O1)N(C)Cc1ccccc1.